The fraction of sp³-hybridized carbons (Fsp3) is 0.312. The number of hydrogen-bond acceptors (Lipinski definition) is 6. The van der Waals surface area contributed by atoms with Crippen LogP contribution in [0.15, 0.2) is 40.6 Å². The second-order valence-electron chi connectivity index (χ2n) is 5.32. The molecule has 9 heteroatoms. The highest BCUT2D eigenvalue weighted by Gasteiger charge is 2.28. The Morgan fingerprint density at radius 2 is 2.00 bits per heavy atom. The molecule has 25 heavy (non-hydrogen) atoms. The molecule has 2 heterocycles. The van der Waals surface area contributed by atoms with Gasteiger partial charge >= 0.3 is 0 Å². The average Bonchev–Trinajstić information content (AvgIpc) is 3.14. The number of methoxy groups -OCH3 is 1. The molecule has 1 amide bonds. The molecule has 1 aliphatic rings. The first kappa shape index (κ1) is 17.9. The number of nitrogens with zero attached hydrogens (tertiary/aromatic N) is 1. The van der Waals surface area contributed by atoms with E-state index in [1.807, 2.05) is 0 Å². The predicted molar refractivity (Wildman–Crippen MR) is 94.8 cm³/mol. The van der Waals surface area contributed by atoms with Crippen LogP contribution in [0.4, 0.5) is 5.69 Å². The maximum Gasteiger partial charge on any atom is 0.265 e. The lowest BCUT2D eigenvalue weighted by molar-refractivity contribution is 0.0730. The quantitative estimate of drug-likeness (QED) is 0.855. The number of carbonyl (C=O) groups is 1. The van der Waals surface area contributed by atoms with Gasteiger partial charge in [0.15, 0.2) is 0 Å². The van der Waals surface area contributed by atoms with E-state index in [0.29, 0.717) is 42.6 Å². The maximum absolute atomic E-state index is 12.6. The van der Waals surface area contributed by atoms with Crippen molar-refractivity contribution in [2.24, 2.45) is 0 Å². The highest BCUT2D eigenvalue weighted by atomic mass is 32.2. The van der Waals surface area contributed by atoms with Crippen molar-refractivity contribution in [3.05, 3.63) is 40.6 Å². The highest BCUT2D eigenvalue weighted by molar-refractivity contribution is 7.89. The summed E-state index contributed by atoms with van der Waals surface area (Å²) in [6.07, 6.45) is 0. The first-order valence-electron chi connectivity index (χ1n) is 7.63. The molecule has 134 valence electrons. The lowest BCUT2D eigenvalue weighted by atomic mass is 10.3. The molecule has 3 rings (SSSR count). The summed E-state index contributed by atoms with van der Waals surface area (Å²) in [5.41, 5.74) is 0.529. The van der Waals surface area contributed by atoms with Crippen LogP contribution in [0.5, 0.6) is 5.75 Å². The summed E-state index contributed by atoms with van der Waals surface area (Å²) in [4.78, 5) is 12.9. The summed E-state index contributed by atoms with van der Waals surface area (Å²) >= 11 is 1.09. The number of amides is 1. The van der Waals surface area contributed by atoms with Crippen molar-refractivity contribution >= 4 is 33.0 Å². The van der Waals surface area contributed by atoms with Gasteiger partial charge in [0.2, 0.25) is 10.0 Å². The van der Waals surface area contributed by atoms with Gasteiger partial charge in [-0.05, 0) is 18.2 Å². The number of sulfonamides is 1. The standard InChI is InChI=1S/C16H18N2O5S2/c1-22-14-5-3-2-4-13(14)17-16(19)15-10-12(11-24-15)25(20,21)18-6-8-23-9-7-18/h2-5,10-11H,6-9H2,1H3,(H,17,19). The minimum Gasteiger partial charge on any atom is -0.495 e. The van der Waals surface area contributed by atoms with Crippen molar-refractivity contribution in [3.8, 4) is 5.75 Å². The van der Waals surface area contributed by atoms with Crippen molar-refractivity contribution in [3.63, 3.8) is 0 Å². The maximum atomic E-state index is 12.6. The second kappa shape index (κ2) is 7.52. The molecule has 1 aliphatic heterocycles. The van der Waals surface area contributed by atoms with Crippen molar-refractivity contribution in [2.45, 2.75) is 4.90 Å². The Balaban J connectivity index is 1.77. The number of carbonyl (C=O) groups excluding carboxylic acids is 1. The van der Waals surface area contributed by atoms with E-state index in [2.05, 4.69) is 5.32 Å². The van der Waals surface area contributed by atoms with Gasteiger partial charge in [0.05, 0.1) is 35.8 Å². The molecule has 0 aliphatic carbocycles. The third kappa shape index (κ3) is 3.84. The number of ether oxygens (including phenoxy) is 2. The molecule has 2 aromatic rings. The summed E-state index contributed by atoms with van der Waals surface area (Å²) in [5, 5.41) is 4.23. The number of benzene rings is 1. The van der Waals surface area contributed by atoms with E-state index < -0.39 is 10.0 Å². The zero-order chi connectivity index (χ0) is 17.9. The highest BCUT2D eigenvalue weighted by Crippen LogP contribution is 2.27. The van der Waals surface area contributed by atoms with E-state index in [1.165, 1.54) is 22.9 Å². The fourth-order valence-corrected chi connectivity index (χ4v) is 5.01. The first-order chi connectivity index (χ1) is 12.0. The van der Waals surface area contributed by atoms with Crippen molar-refractivity contribution in [1.29, 1.82) is 0 Å². The topological polar surface area (TPSA) is 84.9 Å². The molecular formula is C16H18N2O5S2. The Morgan fingerprint density at radius 3 is 2.72 bits per heavy atom. The number of anilines is 1. The van der Waals surface area contributed by atoms with Crippen LogP contribution in [0.25, 0.3) is 0 Å². The van der Waals surface area contributed by atoms with Crippen LogP contribution >= 0.6 is 11.3 Å². The fourth-order valence-electron chi connectivity index (χ4n) is 2.44. The number of para-hydroxylation sites is 2. The summed E-state index contributed by atoms with van der Waals surface area (Å²) < 4.78 is 37.0. The normalized spacial score (nSPS) is 15.7. The van der Waals surface area contributed by atoms with Crippen molar-refractivity contribution < 1.29 is 22.7 Å². The molecule has 1 aromatic carbocycles. The molecular weight excluding hydrogens is 364 g/mol. The zero-order valence-electron chi connectivity index (χ0n) is 13.6. The lowest BCUT2D eigenvalue weighted by Crippen LogP contribution is -2.40. The molecule has 0 unspecified atom stereocenters. The number of morpholine rings is 1. The first-order valence-corrected chi connectivity index (χ1v) is 9.95. The van der Waals surface area contributed by atoms with Crippen molar-refractivity contribution in [2.75, 3.05) is 38.7 Å². The SMILES string of the molecule is COc1ccccc1NC(=O)c1cc(S(=O)(=O)N2CCOCC2)cs1. The Morgan fingerprint density at radius 1 is 1.28 bits per heavy atom. The number of hydrogen-bond donors (Lipinski definition) is 1. The van der Waals surface area contributed by atoms with Gasteiger partial charge in [0.1, 0.15) is 5.75 Å². The number of rotatable bonds is 5. The molecule has 7 nitrogen and oxygen atoms in total. The van der Waals surface area contributed by atoms with Gasteiger partial charge < -0.3 is 14.8 Å². The largest absolute Gasteiger partial charge is 0.495 e. The van der Waals surface area contributed by atoms with Gasteiger partial charge in [-0.25, -0.2) is 8.42 Å². The monoisotopic (exact) mass is 382 g/mol. The Bertz CT molecular complexity index is 857. The van der Waals surface area contributed by atoms with Crippen LogP contribution in [0.2, 0.25) is 0 Å². The van der Waals surface area contributed by atoms with Crippen LogP contribution in [0, 0.1) is 0 Å². The summed E-state index contributed by atoms with van der Waals surface area (Å²) in [6.45, 7) is 1.40. The van der Waals surface area contributed by atoms with E-state index in [9.17, 15) is 13.2 Å². The van der Waals surface area contributed by atoms with Gasteiger partial charge in [0, 0.05) is 18.5 Å². The van der Waals surface area contributed by atoms with Gasteiger partial charge in [0.25, 0.3) is 5.91 Å². The van der Waals surface area contributed by atoms with Crippen LogP contribution in [-0.2, 0) is 14.8 Å². The summed E-state index contributed by atoms with van der Waals surface area (Å²) in [5.74, 6) is 0.159. The summed E-state index contributed by atoms with van der Waals surface area (Å²) in [7, 11) is -2.08. The third-order valence-electron chi connectivity index (χ3n) is 3.76. The summed E-state index contributed by atoms with van der Waals surface area (Å²) in [6, 6.07) is 8.43. The molecule has 1 aromatic heterocycles. The lowest BCUT2D eigenvalue weighted by Gasteiger charge is -2.25. The van der Waals surface area contributed by atoms with Gasteiger partial charge in [-0.3, -0.25) is 4.79 Å². The van der Waals surface area contributed by atoms with E-state index in [0.717, 1.165) is 11.3 Å². The van der Waals surface area contributed by atoms with E-state index in [-0.39, 0.29) is 10.8 Å². The van der Waals surface area contributed by atoms with Gasteiger partial charge in [-0.15, -0.1) is 11.3 Å². The van der Waals surface area contributed by atoms with Crippen LogP contribution < -0.4 is 10.1 Å². The molecule has 0 bridgehead atoms. The smallest absolute Gasteiger partial charge is 0.265 e. The molecule has 1 N–H and O–H groups in total. The Kier molecular flexibility index (Phi) is 5.38. The van der Waals surface area contributed by atoms with E-state index in [1.54, 1.807) is 24.3 Å². The number of nitrogens with one attached hydrogen (secondary N) is 1. The minimum atomic E-state index is -3.60. The third-order valence-corrected chi connectivity index (χ3v) is 6.72. The zero-order valence-corrected chi connectivity index (χ0v) is 15.2. The second-order valence-corrected chi connectivity index (χ2v) is 8.17. The Hall–Kier alpha value is -1.94. The average molecular weight is 382 g/mol. The number of thiophene rings is 1. The molecule has 0 spiro atoms. The van der Waals surface area contributed by atoms with Crippen LogP contribution in [-0.4, -0.2) is 52.0 Å². The predicted octanol–water partition coefficient (Wildman–Crippen LogP) is 2.03. The van der Waals surface area contributed by atoms with Crippen LogP contribution in [0.3, 0.4) is 0 Å². The minimum absolute atomic E-state index is 0.129. The molecule has 0 radical (unpaired) electrons. The van der Waals surface area contributed by atoms with Crippen LogP contribution in [0.1, 0.15) is 9.67 Å². The van der Waals surface area contributed by atoms with Gasteiger partial charge in [-0.2, -0.15) is 4.31 Å². The van der Waals surface area contributed by atoms with Crippen molar-refractivity contribution in [1.82, 2.24) is 4.31 Å². The Labute approximate surface area is 150 Å². The molecule has 0 saturated carbocycles. The van der Waals surface area contributed by atoms with E-state index in [4.69, 9.17) is 9.47 Å². The molecule has 0 atom stereocenters. The molecule has 1 fully saturated rings. The van der Waals surface area contributed by atoms with E-state index >= 15 is 0 Å². The molecule has 1 saturated heterocycles. The van der Waals surface area contributed by atoms with Gasteiger partial charge in [-0.1, -0.05) is 12.1 Å².